The van der Waals surface area contributed by atoms with Crippen molar-refractivity contribution in [3.05, 3.63) is 0 Å². The Morgan fingerprint density at radius 1 is 1.28 bits per heavy atom. The lowest BCUT2D eigenvalue weighted by Crippen LogP contribution is -2.58. The molecule has 0 radical (unpaired) electrons. The van der Waals surface area contributed by atoms with Crippen LogP contribution in [0, 0.1) is 5.41 Å². The summed E-state index contributed by atoms with van der Waals surface area (Å²) >= 11 is 0. The standard InChI is InChI=1S/C16H32N2/c1-5-7-13-12-18(14(6-2)11-17-13)15-8-9-16(3,4)10-15/h13-15,17H,5-12H2,1-4H3. The lowest BCUT2D eigenvalue weighted by atomic mass is 9.91. The van der Waals surface area contributed by atoms with Crippen molar-refractivity contribution < 1.29 is 0 Å². The number of piperazine rings is 1. The molecule has 3 atom stereocenters. The summed E-state index contributed by atoms with van der Waals surface area (Å²) in [7, 11) is 0. The maximum atomic E-state index is 3.75. The molecule has 1 saturated heterocycles. The number of hydrogen-bond donors (Lipinski definition) is 1. The van der Waals surface area contributed by atoms with Crippen molar-refractivity contribution >= 4 is 0 Å². The van der Waals surface area contributed by atoms with Gasteiger partial charge in [0.2, 0.25) is 0 Å². The van der Waals surface area contributed by atoms with Gasteiger partial charge in [-0.1, -0.05) is 34.1 Å². The number of hydrogen-bond acceptors (Lipinski definition) is 2. The molecule has 0 amide bonds. The molecule has 0 bridgehead atoms. The van der Waals surface area contributed by atoms with Crippen molar-refractivity contribution in [2.24, 2.45) is 5.41 Å². The Kier molecular flexibility index (Phi) is 4.71. The van der Waals surface area contributed by atoms with E-state index in [0.29, 0.717) is 5.41 Å². The molecule has 3 unspecified atom stereocenters. The van der Waals surface area contributed by atoms with Crippen LogP contribution in [0.15, 0.2) is 0 Å². The van der Waals surface area contributed by atoms with Gasteiger partial charge in [-0.05, 0) is 37.5 Å². The topological polar surface area (TPSA) is 15.3 Å². The summed E-state index contributed by atoms with van der Waals surface area (Å²) in [5.41, 5.74) is 0.577. The minimum absolute atomic E-state index is 0.577. The maximum absolute atomic E-state index is 3.75. The molecule has 0 spiro atoms. The average molecular weight is 252 g/mol. The Morgan fingerprint density at radius 3 is 2.61 bits per heavy atom. The van der Waals surface area contributed by atoms with Crippen molar-refractivity contribution in [2.75, 3.05) is 13.1 Å². The third-order valence-electron chi connectivity index (χ3n) is 5.06. The van der Waals surface area contributed by atoms with Gasteiger partial charge in [0.05, 0.1) is 0 Å². The number of nitrogens with one attached hydrogen (secondary N) is 1. The van der Waals surface area contributed by atoms with Gasteiger partial charge in [0.25, 0.3) is 0 Å². The van der Waals surface area contributed by atoms with Gasteiger partial charge in [-0.25, -0.2) is 0 Å². The quantitative estimate of drug-likeness (QED) is 0.825. The molecule has 2 heteroatoms. The first-order valence-electron chi connectivity index (χ1n) is 8.05. The average Bonchev–Trinajstić information content (AvgIpc) is 2.70. The Labute approximate surface area is 114 Å². The molecule has 106 valence electrons. The van der Waals surface area contributed by atoms with E-state index >= 15 is 0 Å². The highest BCUT2D eigenvalue weighted by Gasteiger charge is 2.38. The maximum Gasteiger partial charge on any atom is 0.0221 e. The highest BCUT2D eigenvalue weighted by Crippen LogP contribution is 2.40. The van der Waals surface area contributed by atoms with Crippen molar-refractivity contribution in [3.63, 3.8) is 0 Å². The zero-order chi connectivity index (χ0) is 13.2. The minimum atomic E-state index is 0.577. The predicted octanol–water partition coefficient (Wildman–Crippen LogP) is 3.42. The SMILES string of the molecule is CCCC1CN(C2CCC(C)(C)C2)C(CC)CN1. The summed E-state index contributed by atoms with van der Waals surface area (Å²) in [6.07, 6.45) is 8.17. The molecule has 1 N–H and O–H groups in total. The molecule has 0 aromatic rings. The van der Waals surface area contributed by atoms with E-state index in [1.807, 2.05) is 0 Å². The second-order valence-electron chi connectivity index (χ2n) is 7.21. The lowest BCUT2D eigenvalue weighted by Gasteiger charge is -2.44. The molecule has 2 rings (SSSR count). The molecule has 2 aliphatic rings. The van der Waals surface area contributed by atoms with E-state index in [1.165, 1.54) is 51.6 Å². The fraction of sp³-hybridized carbons (Fsp3) is 1.00. The number of nitrogens with zero attached hydrogens (tertiary/aromatic N) is 1. The van der Waals surface area contributed by atoms with Crippen LogP contribution < -0.4 is 5.32 Å². The van der Waals surface area contributed by atoms with Crippen LogP contribution in [0.2, 0.25) is 0 Å². The molecule has 18 heavy (non-hydrogen) atoms. The molecule has 1 aliphatic carbocycles. The smallest absolute Gasteiger partial charge is 0.0221 e. The van der Waals surface area contributed by atoms with Crippen LogP contribution in [-0.2, 0) is 0 Å². The van der Waals surface area contributed by atoms with Crippen molar-refractivity contribution in [1.29, 1.82) is 0 Å². The molecule has 1 aliphatic heterocycles. The Balaban J connectivity index is 1.98. The van der Waals surface area contributed by atoms with Crippen LogP contribution in [0.25, 0.3) is 0 Å². The molecule has 2 fully saturated rings. The summed E-state index contributed by atoms with van der Waals surface area (Å²) in [5.74, 6) is 0. The van der Waals surface area contributed by atoms with E-state index in [-0.39, 0.29) is 0 Å². The van der Waals surface area contributed by atoms with Crippen molar-refractivity contribution in [2.45, 2.75) is 84.3 Å². The lowest BCUT2D eigenvalue weighted by molar-refractivity contribution is 0.0738. The van der Waals surface area contributed by atoms with E-state index in [1.54, 1.807) is 0 Å². The van der Waals surface area contributed by atoms with Gasteiger partial charge in [-0.15, -0.1) is 0 Å². The van der Waals surface area contributed by atoms with Gasteiger partial charge < -0.3 is 5.32 Å². The molecule has 2 nitrogen and oxygen atoms in total. The van der Waals surface area contributed by atoms with Crippen molar-refractivity contribution in [3.8, 4) is 0 Å². The van der Waals surface area contributed by atoms with E-state index in [4.69, 9.17) is 0 Å². The first-order valence-corrected chi connectivity index (χ1v) is 8.05. The third-order valence-corrected chi connectivity index (χ3v) is 5.06. The zero-order valence-electron chi connectivity index (χ0n) is 12.8. The Hall–Kier alpha value is -0.0800. The molecule has 1 heterocycles. The molecular weight excluding hydrogens is 220 g/mol. The van der Waals surface area contributed by atoms with Gasteiger partial charge in [-0.2, -0.15) is 0 Å². The highest BCUT2D eigenvalue weighted by atomic mass is 15.3. The Bertz CT molecular complexity index is 262. The van der Waals surface area contributed by atoms with E-state index in [2.05, 4.69) is 37.9 Å². The van der Waals surface area contributed by atoms with E-state index in [0.717, 1.165) is 18.1 Å². The summed E-state index contributed by atoms with van der Waals surface area (Å²) in [4.78, 5) is 2.85. The number of rotatable bonds is 4. The van der Waals surface area contributed by atoms with Gasteiger partial charge in [0.1, 0.15) is 0 Å². The molecule has 1 saturated carbocycles. The van der Waals surface area contributed by atoms with Crippen LogP contribution in [0.4, 0.5) is 0 Å². The van der Waals surface area contributed by atoms with Gasteiger partial charge in [0.15, 0.2) is 0 Å². The summed E-state index contributed by atoms with van der Waals surface area (Å²) in [6.45, 7) is 12.0. The predicted molar refractivity (Wildman–Crippen MR) is 78.9 cm³/mol. The van der Waals surface area contributed by atoms with Gasteiger partial charge in [-0.3, -0.25) is 4.90 Å². The summed E-state index contributed by atoms with van der Waals surface area (Å²) in [6, 6.07) is 2.37. The Morgan fingerprint density at radius 2 is 2.06 bits per heavy atom. The van der Waals surface area contributed by atoms with Crippen LogP contribution in [0.1, 0.15) is 66.2 Å². The normalized spacial score (nSPS) is 37.0. The first-order chi connectivity index (χ1) is 8.55. The fourth-order valence-corrected chi connectivity index (χ4v) is 3.94. The largest absolute Gasteiger partial charge is 0.311 e. The fourth-order valence-electron chi connectivity index (χ4n) is 3.94. The van der Waals surface area contributed by atoms with Crippen molar-refractivity contribution in [1.82, 2.24) is 10.2 Å². The van der Waals surface area contributed by atoms with Gasteiger partial charge in [0, 0.05) is 31.2 Å². The summed E-state index contributed by atoms with van der Waals surface area (Å²) < 4.78 is 0. The third kappa shape index (κ3) is 3.27. The summed E-state index contributed by atoms with van der Waals surface area (Å²) in [5, 5.41) is 3.75. The molecular formula is C16H32N2. The van der Waals surface area contributed by atoms with Crippen LogP contribution >= 0.6 is 0 Å². The minimum Gasteiger partial charge on any atom is -0.311 e. The molecule has 0 aromatic carbocycles. The van der Waals surface area contributed by atoms with Crippen LogP contribution in [0.3, 0.4) is 0 Å². The van der Waals surface area contributed by atoms with Crippen LogP contribution in [-0.4, -0.2) is 36.1 Å². The van der Waals surface area contributed by atoms with Crippen LogP contribution in [0.5, 0.6) is 0 Å². The second-order valence-corrected chi connectivity index (χ2v) is 7.21. The molecule has 0 aromatic heterocycles. The zero-order valence-corrected chi connectivity index (χ0v) is 12.8. The first kappa shape index (κ1) is 14.3. The van der Waals surface area contributed by atoms with E-state index in [9.17, 15) is 0 Å². The second kappa shape index (κ2) is 5.92. The van der Waals surface area contributed by atoms with Gasteiger partial charge >= 0.3 is 0 Å². The highest BCUT2D eigenvalue weighted by molar-refractivity contribution is 4.94. The van der Waals surface area contributed by atoms with E-state index < -0.39 is 0 Å². The monoisotopic (exact) mass is 252 g/mol.